The van der Waals surface area contributed by atoms with Gasteiger partial charge in [0.25, 0.3) is 5.91 Å². The average Bonchev–Trinajstić information content (AvgIpc) is 3.15. The molecule has 1 unspecified atom stereocenters. The molecule has 4 rings (SSSR count). The molecule has 29 heavy (non-hydrogen) atoms. The number of halogens is 1. The molecule has 1 atom stereocenters. The molecule has 0 saturated heterocycles. The van der Waals surface area contributed by atoms with Gasteiger partial charge in [0.1, 0.15) is 11.9 Å². The third kappa shape index (κ3) is 4.44. The molecule has 0 fully saturated rings. The minimum atomic E-state index is -0.280. The smallest absolute Gasteiger partial charge is 0.255 e. The van der Waals surface area contributed by atoms with Gasteiger partial charge in [0.05, 0.1) is 31.5 Å². The number of fused-ring (bicyclic) bond motifs is 1. The summed E-state index contributed by atoms with van der Waals surface area (Å²) >= 11 is 5.97. The number of nitrogens with one attached hydrogen (secondary N) is 1. The molecular formula is C22H22ClN3O3. The van der Waals surface area contributed by atoms with E-state index in [1.54, 1.807) is 18.2 Å². The highest BCUT2D eigenvalue weighted by molar-refractivity contribution is 6.30. The van der Waals surface area contributed by atoms with E-state index < -0.39 is 0 Å². The predicted octanol–water partition coefficient (Wildman–Crippen LogP) is 3.64. The zero-order valence-electron chi connectivity index (χ0n) is 16.1. The largest absolute Gasteiger partial charge is 0.496 e. The second kappa shape index (κ2) is 8.68. The Morgan fingerprint density at radius 3 is 2.93 bits per heavy atom. The third-order valence-corrected chi connectivity index (χ3v) is 5.14. The lowest BCUT2D eigenvalue weighted by molar-refractivity contribution is 0.0383. The number of nitrogens with zero attached hydrogens (tertiary/aromatic N) is 2. The molecule has 1 aliphatic rings. The Morgan fingerprint density at radius 1 is 1.31 bits per heavy atom. The number of amides is 1. The molecule has 2 heterocycles. The molecule has 1 amide bonds. The van der Waals surface area contributed by atoms with Crippen LogP contribution in [0, 0.1) is 0 Å². The van der Waals surface area contributed by atoms with Gasteiger partial charge in [-0.1, -0.05) is 41.9 Å². The average molecular weight is 412 g/mol. The number of benzene rings is 2. The molecule has 1 aliphatic heterocycles. The van der Waals surface area contributed by atoms with Crippen LogP contribution in [0.3, 0.4) is 0 Å². The van der Waals surface area contributed by atoms with Crippen molar-refractivity contribution in [2.45, 2.75) is 19.1 Å². The quantitative estimate of drug-likeness (QED) is 0.672. The highest BCUT2D eigenvalue weighted by atomic mass is 35.5. The third-order valence-electron chi connectivity index (χ3n) is 4.91. The minimum Gasteiger partial charge on any atom is -0.496 e. The lowest BCUT2D eigenvalue weighted by Crippen LogP contribution is -2.32. The molecule has 6 nitrogen and oxygen atoms in total. The fourth-order valence-electron chi connectivity index (χ4n) is 3.47. The van der Waals surface area contributed by atoms with E-state index in [1.807, 2.05) is 22.9 Å². The van der Waals surface area contributed by atoms with Gasteiger partial charge in [-0.2, -0.15) is 5.10 Å². The van der Waals surface area contributed by atoms with Gasteiger partial charge in [-0.3, -0.25) is 9.48 Å². The maximum absolute atomic E-state index is 12.6. The topological polar surface area (TPSA) is 65.4 Å². The summed E-state index contributed by atoms with van der Waals surface area (Å²) in [6.45, 7) is 1.64. The maximum atomic E-state index is 12.6. The number of methoxy groups -OCH3 is 1. The van der Waals surface area contributed by atoms with Crippen LogP contribution < -0.4 is 10.1 Å². The summed E-state index contributed by atoms with van der Waals surface area (Å²) in [4.78, 5) is 12.6. The number of carbonyl (C=O) groups is 1. The Labute approximate surface area is 174 Å². The van der Waals surface area contributed by atoms with E-state index in [9.17, 15) is 4.79 Å². The molecule has 0 saturated carbocycles. The summed E-state index contributed by atoms with van der Waals surface area (Å²) < 4.78 is 13.1. The number of ether oxygens (including phenoxy) is 2. The second-order valence-electron chi connectivity index (χ2n) is 6.89. The van der Waals surface area contributed by atoms with E-state index >= 15 is 0 Å². The molecule has 1 N–H and O–H groups in total. The molecule has 1 aromatic heterocycles. The molecule has 0 bridgehead atoms. The fourth-order valence-corrected chi connectivity index (χ4v) is 3.63. The summed E-state index contributed by atoms with van der Waals surface area (Å²) in [5.74, 6) is 0.199. The van der Waals surface area contributed by atoms with Gasteiger partial charge in [0.2, 0.25) is 0 Å². The standard InChI is InChI=1S/C22H22ClN3O3/c1-28-19-11-17(23)7-8-18(19)22(27)24-12-20-21-16(9-10-29-20)14-26(25-21)13-15-5-3-2-4-6-15/h2-8,11,14,20H,9-10,12-13H2,1H3,(H,24,27). The van der Waals surface area contributed by atoms with E-state index in [4.69, 9.17) is 26.2 Å². The Bertz CT molecular complexity index is 1000. The molecule has 2 aromatic carbocycles. The molecule has 0 radical (unpaired) electrons. The molecule has 0 aliphatic carbocycles. The highest BCUT2D eigenvalue weighted by Gasteiger charge is 2.26. The first kappa shape index (κ1) is 19.5. The van der Waals surface area contributed by atoms with Gasteiger partial charge in [-0.25, -0.2) is 0 Å². The number of carbonyl (C=O) groups excluding carboxylic acids is 1. The van der Waals surface area contributed by atoms with Crippen molar-refractivity contribution in [1.82, 2.24) is 15.1 Å². The summed E-state index contributed by atoms with van der Waals surface area (Å²) in [6.07, 6.45) is 2.61. The maximum Gasteiger partial charge on any atom is 0.255 e. The van der Waals surface area contributed by atoms with Crippen molar-refractivity contribution in [2.24, 2.45) is 0 Å². The number of hydrogen-bond acceptors (Lipinski definition) is 4. The van der Waals surface area contributed by atoms with Crippen LogP contribution >= 0.6 is 11.6 Å². The summed E-state index contributed by atoms with van der Waals surface area (Å²) in [6, 6.07) is 15.1. The second-order valence-corrected chi connectivity index (χ2v) is 7.32. The zero-order valence-corrected chi connectivity index (χ0v) is 16.9. The van der Waals surface area contributed by atoms with Crippen molar-refractivity contribution in [3.63, 3.8) is 0 Å². The van der Waals surface area contributed by atoms with Crippen molar-refractivity contribution >= 4 is 17.5 Å². The van der Waals surface area contributed by atoms with Crippen molar-refractivity contribution in [3.8, 4) is 5.75 Å². The van der Waals surface area contributed by atoms with Crippen LogP contribution in [-0.2, 0) is 17.7 Å². The van der Waals surface area contributed by atoms with Crippen LogP contribution in [0.2, 0.25) is 5.02 Å². The van der Waals surface area contributed by atoms with Crippen LogP contribution in [-0.4, -0.2) is 35.9 Å². The summed E-state index contributed by atoms with van der Waals surface area (Å²) in [5, 5.41) is 8.16. The Morgan fingerprint density at radius 2 is 2.14 bits per heavy atom. The lowest BCUT2D eigenvalue weighted by Gasteiger charge is -2.22. The minimum absolute atomic E-state index is 0.238. The SMILES string of the molecule is COc1cc(Cl)ccc1C(=O)NCC1OCCc2cn(Cc3ccccc3)nc21. The zero-order chi connectivity index (χ0) is 20.2. The van der Waals surface area contributed by atoms with E-state index in [2.05, 4.69) is 23.6 Å². The summed E-state index contributed by atoms with van der Waals surface area (Å²) in [5.41, 5.74) is 3.67. The van der Waals surface area contributed by atoms with Crippen LogP contribution in [0.5, 0.6) is 5.75 Å². The Hall–Kier alpha value is -2.83. The van der Waals surface area contributed by atoms with Crippen LogP contribution in [0.25, 0.3) is 0 Å². The summed E-state index contributed by atoms with van der Waals surface area (Å²) in [7, 11) is 1.51. The van der Waals surface area contributed by atoms with Gasteiger partial charge >= 0.3 is 0 Å². The Balaban J connectivity index is 1.45. The molecule has 0 spiro atoms. The van der Waals surface area contributed by atoms with Crippen LogP contribution in [0.15, 0.2) is 54.7 Å². The number of hydrogen-bond donors (Lipinski definition) is 1. The van der Waals surface area contributed by atoms with Gasteiger partial charge in [0.15, 0.2) is 0 Å². The number of rotatable bonds is 6. The molecular weight excluding hydrogens is 390 g/mol. The molecule has 3 aromatic rings. The monoisotopic (exact) mass is 411 g/mol. The predicted molar refractivity (Wildman–Crippen MR) is 111 cm³/mol. The van der Waals surface area contributed by atoms with Crippen molar-refractivity contribution in [2.75, 3.05) is 20.3 Å². The highest BCUT2D eigenvalue weighted by Crippen LogP contribution is 2.27. The fraction of sp³-hybridized carbons (Fsp3) is 0.273. The van der Waals surface area contributed by atoms with E-state index in [0.29, 0.717) is 36.0 Å². The normalized spacial score (nSPS) is 15.6. The van der Waals surface area contributed by atoms with Gasteiger partial charge in [0, 0.05) is 17.8 Å². The van der Waals surface area contributed by atoms with E-state index in [-0.39, 0.29) is 12.0 Å². The molecule has 150 valence electrons. The number of aromatic nitrogens is 2. The first-order valence-electron chi connectivity index (χ1n) is 9.47. The van der Waals surface area contributed by atoms with E-state index in [0.717, 1.165) is 17.7 Å². The Kier molecular flexibility index (Phi) is 5.83. The van der Waals surface area contributed by atoms with E-state index in [1.165, 1.54) is 12.7 Å². The molecule has 7 heteroatoms. The lowest BCUT2D eigenvalue weighted by atomic mass is 10.1. The van der Waals surface area contributed by atoms with Gasteiger partial charge in [-0.15, -0.1) is 0 Å². The van der Waals surface area contributed by atoms with Crippen LogP contribution in [0.1, 0.15) is 33.3 Å². The van der Waals surface area contributed by atoms with Crippen molar-refractivity contribution in [1.29, 1.82) is 0 Å². The first-order chi connectivity index (χ1) is 14.1. The first-order valence-corrected chi connectivity index (χ1v) is 9.85. The van der Waals surface area contributed by atoms with Crippen molar-refractivity contribution < 1.29 is 14.3 Å². The van der Waals surface area contributed by atoms with Crippen LogP contribution in [0.4, 0.5) is 0 Å². The van der Waals surface area contributed by atoms with Gasteiger partial charge < -0.3 is 14.8 Å². The van der Waals surface area contributed by atoms with Gasteiger partial charge in [-0.05, 0) is 35.7 Å². The van der Waals surface area contributed by atoms with Crippen molar-refractivity contribution in [3.05, 3.63) is 82.1 Å².